The van der Waals surface area contributed by atoms with Gasteiger partial charge in [-0.2, -0.15) is 0 Å². The van der Waals surface area contributed by atoms with Gasteiger partial charge >= 0.3 is 0 Å². The van der Waals surface area contributed by atoms with Crippen LogP contribution in [-0.4, -0.2) is 18.8 Å². The van der Waals surface area contributed by atoms with Crippen molar-refractivity contribution in [1.82, 2.24) is 0 Å². The number of benzene rings is 1. The Balaban J connectivity index is 2.77. The van der Waals surface area contributed by atoms with Gasteiger partial charge in [-0.15, -0.1) is 0 Å². The second kappa shape index (κ2) is 5.61. The summed E-state index contributed by atoms with van der Waals surface area (Å²) in [5.74, 6) is 1.93. The number of aliphatic hydroxyl groups is 1. The van der Waals surface area contributed by atoms with Crippen LogP contribution in [0.4, 0.5) is 0 Å². The van der Waals surface area contributed by atoms with E-state index in [9.17, 15) is 0 Å². The molecule has 0 saturated carbocycles. The summed E-state index contributed by atoms with van der Waals surface area (Å²) >= 11 is 0. The molecule has 0 aliphatic carbocycles. The lowest BCUT2D eigenvalue weighted by Gasteiger charge is -2.11. The Morgan fingerprint density at radius 2 is 1.87 bits per heavy atom. The Kier molecular flexibility index (Phi) is 4.43. The summed E-state index contributed by atoms with van der Waals surface area (Å²) in [5, 5.41) is 9.05. The summed E-state index contributed by atoms with van der Waals surface area (Å²) in [5.41, 5.74) is 0.799. The molecule has 1 N–H and O–H groups in total. The molecule has 0 unspecified atom stereocenters. The second-order valence-electron chi connectivity index (χ2n) is 3.88. The van der Waals surface area contributed by atoms with Crippen molar-refractivity contribution in [2.75, 3.05) is 13.7 Å². The molecular weight excluding hydrogens is 192 g/mol. The zero-order valence-corrected chi connectivity index (χ0v) is 9.49. The van der Waals surface area contributed by atoms with E-state index in [4.69, 9.17) is 14.6 Å². The van der Waals surface area contributed by atoms with E-state index in [2.05, 4.69) is 13.8 Å². The third-order valence-corrected chi connectivity index (χ3v) is 1.94. The van der Waals surface area contributed by atoms with Crippen LogP contribution in [0.5, 0.6) is 11.5 Å². The van der Waals surface area contributed by atoms with Crippen molar-refractivity contribution in [2.45, 2.75) is 20.5 Å². The van der Waals surface area contributed by atoms with Crippen molar-refractivity contribution in [2.24, 2.45) is 5.92 Å². The first kappa shape index (κ1) is 11.9. The van der Waals surface area contributed by atoms with Gasteiger partial charge in [0, 0.05) is 6.07 Å². The molecule has 0 aliphatic rings. The lowest BCUT2D eigenvalue weighted by molar-refractivity contribution is 0.263. The Morgan fingerprint density at radius 3 is 2.40 bits per heavy atom. The van der Waals surface area contributed by atoms with Crippen LogP contribution < -0.4 is 9.47 Å². The second-order valence-corrected chi connectivity index (χ2v) is 3.88. The normalized spacial score (nSPS) is 10.5. The average molecular weight is 210 g/mol. The molecule has 0 radical (unpaired) electrons. The lowest BCUT2D eigenvalue weighted by atomic mass is 10.2. The molecule has 0 aliphatic heterocycles. The smallest absolute Gasteiger partial charge is 0.123 e. The van der Waals surface area contributed by atoms with Gasteiger partial charge in [-0.05, 0) is 23.6 Å². The molecule has 0 amide bonds. The molecule has 1 aromatic rings. The quantitative estimate of drug-likeness (QED) is 0.810. The predicted octanol–water partition coefficient (Wildman–Crippen LogP) is 2.22. The minimum atomic E-state index is -0.00472. The van der Waals surface area contributed by atoms with Gasteiger partial charge in [0.2, 0.25) is 0 Å². The summed E-state index contributed by atoms with van der Waals surface area (Å²) in [4.78, 5) is 0. The topological polar surface area (TPSA) is 38.7 Å². The zero-order valence-electron chi connectivity index (χ0n) is 9.49. The standard InChI is InChI=1S/C12H18O3/c1-9(2)8-15-12-5-10(7-13)4-11(6-12)14-3/h4-6,9,13H,7-8H2,1-3H3. The summed E-state index contributed by atoms with van der Waals surface area (Å²) in [6, 6.07) is 5.44. The van der Waals surface area contributed by atoms with E-state index in [1.807, 2.05) is 12.1 Å². The van der Waals surface area contributed by atoms with Crippen LogP contribution in [0, 0.1) is 5.92 Å². The van der Waals surface area contributed by atoms with Gasteiger partial charge in [0.05, 0.1) is 20.3 Å². The first-order valence-corrected chi connectivity index (χ1v) is 5.07. The number of methoxy groups -OCH3 is 1. The van der Waals surface area contributed by atoms with E-state index in [1.54, 1.807) is 13.2 Å². The molecule has 0 heterocycles. The van der Waals surface area contributed by atoms with Gasteiger partial charge in [-0.25, -0.2) is 0 Å². The van der Waals surface area contributed by atoms with Crippen molar-refractivity contribution in [3.05, 3.63) is 23.8 Å². The maximum Gasteiger partial charge on any atom is 0.123 e. The van der Waals surface area contributed by atoms with Crippen LogP contribution in [0.1, 0.15) is 19.4 Å². The summed E-state index contributed by atoms with van der Waals surface area (Å²) in [6.45, 7) is 4.84. The SMILES string of the molecule is COc1cc(CO)cc(OCC(C)C)c1. The highest BCUT2D eigenvalue weighted by Gasteiger charge is 2.02. The molecule has 15 heavy (non-hydrogen) atoms. The van der Waals surface area contributed by atoms with Crippen LogP contribution in [0.25, 0.3) is 0 Å². The van der Waals surface area contributed by atoms with Crippen LogP contribution in [-0.2, 0) is 6.61 Å². The van der Waals surface area contributed by atoms with E-state index in [0.29, 0.717) is 18.3 Å². The summed E-state index contributed by atoms with van der Waals surface area (Å²) in [7, 11) is 1.60. The predicted molar refractivity (Wildman–Crippen MR) is 59.2 cm³/mol. The zero-order chi connectivity index (χ0) is 11.3. The molecule has 3 nitrogen and oxygen atoms in total. The molecule has 0 aromatic heterocycles. The Morgan fingerprint density at radius 1 is 1.20 bits per heavy atom. The Labute approximate surface area is 90.6 Å². The van der Waals surface area contributed by atoms with Gasteiger partial charge in [-0.1, -0.05) is 13.8 Å². The molecule has 3 heteroatoms. The fourth-order valence-corrected chi connectivity index (χ4v) is 1.19. The summed E-state index contributed by atoms with van der Waals surface area (Å²) in [6.07, 6.45) is 0. The Bertz CT molecular complexity index is 285. The van der Waals surface area contributed by atoms with Gasteiger partial charge in [-0.3, -0.25) is 0 Å². The number of hydrogen-bond acceptors (Lipinski definition) is 3. The molecular formula is C12H18O3. The minimum Gasteiger partial charge on any atom is -0.497 e. The van der Waals surface area contributed by atoms with Gasteiger partial charge < -0.3 is 14.6 Å². The van der Waals surface area contributed by atoms with Gasteiger partial charge in [0.15, 0.2) is 0 Å². The molecule has 1 aromatic carbocycles. The highest BCUT2D eigenvalue weighted by Crippen LogP contribution is 2.23. The Hall–Kier alpha value is -1.22. The van der Waals surface area contributed by atoms with Crippen LogP contribution in [0.2, 0.25) is 0 Å². The van der Waals surface area contributed by atoms with Crippen molar-refractivity contribution in [3.63, 3.8) is 0 Å². The van der Waals surface area contributed by atoms with Gasteiger partial charge in [0.1, 0.15) is 11.5 Å². The number of ether oxygens (including phenoxy) is 2. The fourth-order valence-electron chi connectivity index (χ4n) is 1.19. The third-order valence-electron chi connectivity index (χ3n) is 1.94. The van der Waals surface area contributed by atoms with E-state index < -0.39 is 0 Å². The molecule has 1 rings (SSSR count). The lowest BCUT2D eigenvalue weighted by Crippen LogP contribution is -2.05. The largest absolute Gasteiger partial charge is 0.497 e. The number of rotatable bonds is 5. The van der Waals surface area contributed by atoms with Crippen LogP contribution in [0.3, 0.4) is 0 Å². The molecule has 0 bridgehead atoms. The number of aliphatic hydroxyl groups excluding tert-OH is 1. The first-order chi connectivity index (χ1) is 7.15. The summed E-state index contributed by atoms with van der Waals surface area (Å²) < 4.78 is 10.7. The van der Waals surface area contributed by atoms with E-state index >= 15 is 0 Å². The van der Waals surface area contributed by atoms with E-state index in [0.717, 1.165) is 11.3 Å². The molecule has 0 saturated heterocycles. The van der Waals surface area contributed by atoms with E-state index in [1.165, 1.54) is 0 Å². The minimum absolute atomic E-state index is 0.00472. The maximum absolute atomic E-state index is 9.05. The number of hydrogen-bond donors (Lipinski definition) is 1. The van der Waals surface area contributed by atoms with E-state index in [-0.39, 0.29) is 6.61 Å². The fraction of sp³-hybridized carbons (Fsp3) is 0.500. The highest BCUT2D eigenvalue weighted by atomic mass is 16.5. The first-order valence-electron chi connectivity index (χ1n) is 5.07. The highest BCUT2D eigenvalue weighted by molar-refractivity contribution is 5.38. The van der Waals surface area contributed by atoms with Crippen molar-refractivity contribution in [3.8, 4) is 11.5 Å². The van der Waals surface area contributed by atoms with Crippen molar-refractivity contribution in [1.29, 1.82) is 0 Å². The van der Waals surface area contributed by atoms with Gasteiger partial charge in [0.25, 0.3) is 0 Å². The van der Waals surface area contributed by atoms with Crippen molar-refractivity contribution >= 4 is 0 Å². The van der Waals surface area contributed by atoms with Crippen LogP contribution >= 0.6 is 0 Å². The molecule has 0 atom stereocenters. The molecule has 0 spiro atoms. The monoisotopic (exact) mass is 210 g/mol. The van der Waals surface area contributed by atoms with Crippen molar-refractivity contribution < 1.29 is 14.6 Å². The average Bonchev–Trinajstić information content (AvgIpc) is 2.25. The maximum atomic E-state index is 9.05. The third kappa shape index (κ3) is 3.80. The molecule has 84 valence electrons. The molecule has 0 fully saturated rings. The van der Waals surface area contributed by atoms with Crippen LogP contribution in [0.15, 0.2) is 18.2 Å².